The Balaban J connectivity index is 1.98. The van der Waals surface area contributed by atoms with E-state index in [1.165, 1.54) is 12.4 Å². The molecule has 2 aromatic rings. The predicted octanol–water partition coefficient (Wildman–Crippen LogP) is 2.21. The summed E-state index contributed by atoms with van der Waals surface area (Å²) in [6.07, 6.45) is 2.76. The molecule has 20 heavy (non-hydrogen) atoms. The lowest BCUT2D eigenvalue weighted by molar-refractivity contribution is 0.0945. The molecule has 1 heterocycles. The molecule has 1 aromatic carbocycles. The number of nitrogens with one attached hydrogen (secondary N) is 1. The summed E-state index contributed by atoms with van der Waals surface area (Å²) in [5.41, 5.74) is 2.25. The van der Waals surface area contributed by atoms with Gasteiger partial charge in [0.2, 0.25) is 0 Å². The maximum atomic E-state index is 11.9. The first kappa shape index (κ1) is 14.4. The Kier molecular flexibility index (Phi) is 5.03. The van der Waals surface area contributed by atoms with Crippen molar-refractivity contribution >= 4 is 17.5 Å². The summed E-state index contributed by atoms with van der Waals surface area (Å²) >= 11 is 5.69. The zero-order valence-corrected chi connectivity index (χ0v) is 11.7. The Hall–Kier alpha value is -1.98. The standard InChI is InChI=1S/C14H14ClN3O2/c1-20-9-11-4-2-3-10(5-11)6-17-14(19)12-7-16-8-13(15)18-12/h2-5,7-8H,6,9H2,1H3,(H,17,19). The third-order valence-electron chi connectivity index (χ3n) is 2.59. The quantitative estimate of drug-likeness (QED) is 0.917. The van der Waals surface area contributed by atoms with Crippen LogP contribution in [0.5, 0.6) is 0 Å². The number of benzene rings is 1. The molecule has 0 spiro atoms. The number of methoxy groups -OCH3 is 1. The lowest BCUT2D eigenvalue weighted by Crippen LogP contribution is -2.24. The smallest absolute Gasteiger partial charge is 0.271 e. The van der Waals surface area contributed by atoms with Crippen LogP contribution in [-0.4, -0.2) is 23.0 Å². The first-order chi connectivity index (χ1) is 9.69. The molecule has 104 valence electrons. The summed E-state index contributed by atoms with van der Waals surface area (Å²) in [6.45, 7) is 0.951. The zero-order chi connectivity index (χ0) is 14.4. The van der Waals surface area contributed by atoms with Crippen molar-refractivity contribution < 1.29 is 9.53 Å². The number of ether oxygens (including phenoxy) is 1. The minimum absolute atomic E-state index is 0.194. The number of aromatic nitrogens is 2. The van der Waals surface area contributed by atoms with Gasteiger partial charge in [-0.3, -0.25) is 9.78 Å². The molecule has 0 aliphatic heterocycles. The van der Waals surface area contributed by atoms with Crippen LogP contribution in [0.4, 0.5) is 0 Å². The summed E-state index contributed by atoms with van der Waals surface area (Å²) in [7, 11) is 1.65. The second-order valence-electron chi connectivity index (χ2n) is 4.16. The lowest BCUT2D eigenvalue weighted by Gasteiger charge is -2.06. The van der Waals surface area contributed by atoms with E-state index < -0.39 is 0 Å². The van der Waals surface area contributed by atoms with Crippen molar-refractivity contribution in [3.05, 3.63) is 58.6 Å². The van der Waals surface area contributed by atoms with Gasteiger partial charge < -0.3 is 10.1 Å². The molecule has 1 N–H and O–H groups in total. The summed E-state index contributed by atoms with van der Waals surface area (Å²) in [5.74, 6) is -0.308. The fraction of sp³-hybridized carbons (Fsp3) is 0.214. The van der Waals surface area contributed by atoms with E-state index in [1.54, 1.807) is 7.11 Å². The molecular formula is C14H14ClN3O2. The number of carbonyl (C=O) groups excluding carboxylic acids is 1. The van der Waals surface area contributed by atoms with Gasteiger partial charge in [-0.2, -0.15) is 0 Å². The molecule has 2 rings (SSSR count). The van der Waals surface area contributed by atoms with Crippen LogP contribution in [0.1, 0.15) is 21.6 Å². The van der Waals surface area contributed by atoms with Crippen molar-refractivity contribution in [2.24, 2.45) is 0 Å². The molecule has 1 amide bonds. The van der Waals surface area contributed by atoms with Crippen LogP contribution < -0.4 is 5.32 Å². The first-order valence-corrected chi connectivity index (χ1v) is 6.39. The molecule has 0 aliphatic carbocycles. The number of hydrogen-bond acceptors (Lipinski definition) is 4. The van der Waals surface area contributed by atoms with Crippen molar-refractivity contribution in [2.45, 2.75) is 13.2 Å². The Labute approximate surface area is 122 Å². The number of nitrogens with zero attached hydrogens (tertiary/aromatic N) is 2. The third kappa shape index (κ3) is 4.01. The zero-order valence-electron chi connectivity index (χ0n) is 11.0. The Bertz CT molecular complexity index is 604. The van der Waals surface area contributed by atoms with Gasteiger partial charge in [-0.1, -0.05) is 35.9 Å². The minimum atomic E-state index is -0.308. The fourth-order valence-corrected chi connectivity index (χ4v) is 1.87. The number of hydrogen-bond donors (Lipinski definition) is 1. The van der Waals surface area contributed by atoms with Crippen LogP contribution in [0, 0.1) is 0 Å². The monoisotopic (exact) mass is 291 g/mol. The molecule has 0 fully saturated rings. The number of amides is 1. The van der Waals surface area contributed by atoms with Gasteiger partial charge in [-0.15, -0.1) is 0 Å². The van der Waals surface area contributed by atoms with Gasteiger partial charge in [0.1, 0.15) is 10.8 Å². The molecule has 0 atom stereocenters. The number of rotatable bonds is 5. The maximum absolute atomic E-state index is 11.9. The number of carbonyl (C=O) groups is 1. The van der Waals surface area contributed by atoms with E-state index in [-0.39, 0.29) is 16.8 Å². The van der Waals surface area contributed by atoms with Gasteiger partial charge in [0.25, 0.3) is 5.91 Å². The molecule has 0 saturated carbocycles. The Morgan fingerprint density at radius 2 is 2.15 bits per heavy atom. The lowest BCUT2D eigenvalue weighted by atomic mass is 10.1. The van der Waals surface area contributed by atoms with E-state index in [4.69, 9.17) is 16.3 Å². The van der Waals surface area contributed by atoms with Crippen LogP contribution in [0.2, 0.25) is 5.15 Å². The second kappa shape index (κ2) is 6.98. The van der Waals surface area contributed by atoms with Gasteiger partial charge >= 0.3 is 0 Å². The van der Waals surface area contributed by atoms with Crippen LogP contribution in [0.15, 0.2) is 36.7 Å². The van der Waals surface area contributed by atoms with E-state index >= 15 is 0 Å². The van der Waals surface area contributed by atoms with Crippen molar-refractivity contribution in [3.63, 3.8) is 0 Å². The highest BCUT2D eigenvalue weighted by Gasteiger charge is 2.08. The van der Waals surface area contributed by atoms with E-state index in [0.29, 0.717) is 13.2 Å². The Morgan fingerprint density at radius 3 is 2.90 bits per heavy atom. The first-order valence-electron chi connectivity index (χ1n) is 6.01. The Morgan fingerprint density at radius 1 is 1.35 bits per heavy atom. The van der Waals surface area contributed by atoms with Gasteiger partial charge in [0.05, 0.1) is 19.0 Å². The molecule has 6 heteroatoms. The minimum Gasteiger partial charge on any atom is -0.380 e. The molecule has 5 nitrogen and oxygen atoms in total. The highest BCUT2D eigenvalue weighted by molar-refractivity contribution is 6.29. The van der Waals surface area contributed by atoms with Gasteiger partial charge in [0, 0.05) is 13.7 Å². The summed E-state index contributed by atoms with van der Waals surface area (Å²) in [4.78, 5) is 19.6. The molecule has 0 unspecified atom stereocenters. The predicted molar refractivity (Wildman–Crippen MR) is 75.4 cm³/mol. The topological polar surface area (TPSA) is 64.1 Å². The van der Waals surface area contributed by atoms with Crippen molar-refractivity contribution in [3.8, 4) is 0 Å². The SMILES string of the molecule is COCc1cccc(CNC(=O)c2cncc(Cl)n2)c1. The normalized spacial score (nSPS) is 10.3. The van der Waals surface area contributed by atoms with E-state index in [0.717, 1.165) is 11.1 Å². The van der Waals surface area contributed by atoms with Crippen LogP contribution in [-0.2, 0) is 17.9 Å². The maximum Gasteiger partial charge on any atom is 0.271 e. The van der Waals surface area contributed by atoms with Gasteiger partial charge in [-0.25, -0.2) is 4.98 Å². The molecule has 0 saturated heterocycles. The van der Waals surface area contributed by atoms with Crippen LogP contribution in [0.25, 0.3) is 0 Å². The van der Waals surface area contributed by atoms with E-state index in [9.17, 15) is 4.79 Å². The van der Waals surface area contributed by atoms with Gasteiger partial charge in [-0.05, 0) is 11.1 Å². The molecule has 0 aliphatic rings. The van der Waals surface area contributed by atoms with Crippen molar-refractivity contribution in [1.82, 2.24) is 15.3 Å². The average molecular weight is 292 g/mol. The molecule has 0 radical (unpaired) electrons. The summed E-state index contributed by atoms with van der Waals surface area (Å²) in [5, 5.41) is 2.97. The molecule has 1 aromatic heterocycles. The van der Waals surface area contributed by atoms with Crippen LogP contribution in [0.3, 0.4) is 0 Å². The molecular weight excluding hydrogens is 278 g/mol. The highest BCUT2D eigenvalue weighted by Crippen LogP contribution is 2.07. The van der Waals surface area contributed by atoms with Crippen molar-refractivity contribution in [1.29, 1.82) is 0 Å². The van der Waals surface area contributed by atoms with E-state index in [2.05, 4.69) is 15.3 Å². The van der Waals surface area contributed by atoms with Crippen molar-refractivity contribution in [2.75, 3.05) is 7.11 Å². The molecule has 0 bridgehead atoms. The fourth-order valence-electron chi connectivity index (χ4n) is 1.72. The second-order valence-corrected chi connectivity index (χ2v) is 4.55. The average Bonchev–Trinajstić information content (AvgIpc) is 2.45. The van der Waals surface area contributed by atoms with E-state index in [1.807, 2.05) is 24.3 Å². The highest BCUT2D eigenvalue weighted by atomic mass is 35.5. The van der Waals surface area contributed by atoms with Crippen LogP contribution >= 0.6 is 11.6 Å². The largest absolute Gasteiger partial charge is 0.380 e. The summed E-state index contributed by atoms with van der Waals surface area (Å²) in [6, 6.07) is 7.81. The summed E-state index contributed by atoms with van der Waals surface area (Å²) < 4.78 is 5.07. The number of halogens is 1. The van der Waals surface area contributed by atoms with Gasteiger partial charge in [0.15, 0.2) is 0 Å². The third-order valence-corrected chi connectivity index (χ3v) is 2.78.